The molecule has 0 aliphatic carbocycles. The largest absolute Gasteiger partial charge is 0.394 e. The molecule has 0 radical (unpaired) electrons. The minimum Gasteiger partial charge on any atom is -0.394 e. The summed E-state index contributed by atoms with van der Waals surface area (Å²) < 4.78 is 6.84. The van der Waals surface area contributed by atoms with Crippen LogP contribution in [0.3, 0.4) is 0 Å². The lowest BCUT2D eigenvalue weighted by molar-refractivity contribution is -0.0461. The summed E-state index contributed by atoms with van der Waals surface area (Å²) in [7, 11) is 0. The van der Waals surface area contributed by atoms with Gasteiger partial charge in [-0.1, -0.05) is 6.58 Å². The van der Waals surface area contributed by atoms with Crippen molar-refractivity contribution in [2.24, 2.45) is 0 Å². The van der Waals surface area contributed by atoms with Crippen LogP contribution in [0.5, 0.6) is 0 Å². The maximum absolute atomic E-state index is 12.3. The molecule has 0 unspecified atom stereocenters. The maximum atomic E-state index is 12.3. The molecule has 0 aromatic carbocycles. The van der Waals surface area contributed by atoms with E-state index in [1.165, 1.54) is 13.1 Å². The normalized spacial score (nSPS) is 25.0. The minimum atomic E-state index is -0.927. The molecule has 1 aliphatic heterocycles. The monoisotopic (exact) mass is 296 g/mol. The average Bonchev–Trinajstić information content (AvgIpc) is 2.79. The van der Waals surface area contributed by atoms with E-state index in [-0.39, 0.29) is 12.0 Å². The van der Waals surface area contributed by atoms with Crippen molar-refractivity contribution >= 4 is 5.91 Å². The second-order valence-corrected chi connectivity index (χ2v) is 4.88. The number of hydrogen-bond donors (Lipinski definition) is 2. The van der Waals surface area contributed by atoms with Gasteiger partial charge in [-0.15, -0.1) is 0 Å². The van der Waals surface area contributed by atoms with Crippen LogP contribution in [-0.4, -0.2) is 44.1 Å². The molecule has 0 bridgehead atoms. The zero-order chi connectivity index (χ0) is 15.7. The molecule has 1 saturated heterocycles. The van der Waals surface area contributed by atoms with Crippen LogP contribution in [0.25, 0.3) is 0 Å². The number of rotatable bonds is 3. The summed E-state index contributed by atoms with van der Waals surface area (Å²) in [6.07, 6.45) is -1.31. The number of aromatic nitrogens is 2. The van der Waals surface area contributed by atoms with Gasteiger partial charge in [0, 0.05) is 24.3 Å². The molecule has 1 fully saturated rings. The molecule has 8 heteroatoms. The Morgan fingerprint density at radius 1 is 1.52 bits per heavy atom. The molecule has 3 atom stereocenters. The second-order valence-electron chi connectivity index (χ2n) is 4.88. The van der Waals surface area contributed by atoms with Crippen LogP contribution in [0.2, 0.25) is 0 Å². The summed E-state index contributed by atoms with van der Waals surface area (Å²) in [6, 6.07) is 1.06. The van der Waals surface area contributed by atoms with Crippen molar-refractivity contribution in [2.45, 2.75) is 31.8 Å². The molecular formula is C13H16N2O6. The average molecular weight is 296 g/mol. The first-order chi connectivity index (χ1) is 9.86. The molecule has 21 heavy (non-hydrogen) atoms. The quantitative estimate of drug-likeness (QED) is 0.683. The maximum Gasteiger partial charge on any atom is 0.340 e. The molecule has 114 valence electrons. The Morgan fingerprint density at radius 3 is 2.71 bits per heavy atom. The highest BCUT2D eigenvalue weighted by Gasteiger charge is 2.35. The van der Waals surface area contributed by atoms with Crippen molar-refractivity contribution in [1.82, 2.24) is 9.13 Å². The zero-order valence-electron chi connectivity index (χ0n) is 11.4. The Hall–Kier alpha value is -2.03. The fraction of sp³-hybridized carbons (Fsp3) is 0.462. The van der Waals surface area contributed by atoms with Gasteiger partial charge in [0.05, 0.1) is 12.7 Å². The van der Waals surface area contributed by atoms with Crippen molar-refractivity contribution in [3.63, 3.8) is 0 Å². The van der Waals surface area contributed by atoms with E-state index in [1.54, 1.807) is 0 Å². The van der Waals surface area contributed by atoms with Crippen LogP contribution in [0.15, 0.2) is 34.0 Å². The van der Waals surface area contributed by atoms with Gasteiger partial charge in [-0.2, -0.15) is 4.57 Å². The Kier molecular flexibility index (Phi) is 4.21. The lowest BCUT2D eigenvalue weighted by atomic mass is 10.2. The van der Waals surface area contributed by atoms with Gasteiger partial charge in [-0.05, 0) is 6.92 Å². The molecule has 0 saturated carbocycles. The lowest BCUT2D eigenvalue weighted by Crippen LogP contribution is -2.44. The Morgan fingerprint density at radius 2 is 2.19 bits per heavy atom. The number of aliphatic hydroxyl groups is 2. The van der Waals surface area contributed by atoms with Crippen LogP contribution < -0.4 is 11.2 Å². The molecule has 2 heterocycles. The summed E-state index contributed by atoms with van der Waals surface area (Å²) in [5.41, 5.74) is -1.58. The highest BCUT2D eigenvalue weighted by Crippen LogP contribution is 2.26. The van der Waals surface area contributed by atoms with Crippen molar-refractivity contribution in [1.29, 1.82) is 0 Å². The summed E-state index contributed by atoms with van der Waals surface area (Å²) in [5.74, 6) is -0.795. The molecule has 0 amide bonds. The highest BCUT2D eigenvalue weighted by atomic mass is 16.5. The minimum absolute atomic E-state index is 0.0487. The topological polar surface area (TPSA) is 111 Å². The molecule has 1 aromatic rings. The van der Waals surface area contributed by atoms with Crippen molar-refractivity contribution in [3.05, 3.63) is 45.3 Å². The number of nitrogens with zero attached hydrogens (tertiary/aromatic N) is 2. The molecule has 2 N–H and O–H groups in total. The second kappa shape index (κ2) is 5.76. The van der Waals surface area contributed by atoms with E-state index < -0.39 is 42.2 Å². The number of hydrogen-bond acceptors (Lipinski definition) is 6. The first kappa shape index (κ1) is 15.4. The number of carbonyl (C=O) groups is 1. The number of ether oxygens (including phenoxy) is 1. The van der Waals surface area contributed by atoms with Crippen LogP contribution in [-0.2, 0) is 4.74 Å². The Labute approximate surface area is 119 Å². The number of allylic oxidation sites excluding steroid dienone is 1. The number of carbonyl (C=O) groups excluding carboxylic acids is 1. The van der Waals surface area contributed by atoms with Crippen LogP contribution >= 0.6 is 0 Å². The van der Waals surface area contributed by atoms with Crippen molar-refractivity contribution < 1.29 is 19.7 Å². The number of aliphatic hydroxyl groups excluding tert-OH is 2. The third-order valence-corrected chi connectivity index (χ3v) is 3.27. The predicted octanol–water partition coefficient (Wildman–Crippen LogP) is -1.13. The van der Waals surface area contributed by atoms with Gasteiger partial charge in [0.15, 0.2) is 0 Å². The van der Waals surface area contributed by atoms with Gasteiger partial charge in [0.1, 0.15) is 12.3 Å². The van der Waals surface area contributed by atoms with E-state index in [4.69, 9.17) is 9.84 Å². The van der Waals surface area contributed by atoms with E-state index in [0.29, 0.717) is 4.57 Å². The van der Waals surface area contributed by atoms with Crippen molar-refractivity contribution in [3.8, 4) is 0 Å². The standard InChI is InChI=1S/C13H16N2O6/c1-7(2)12(19)15-10(18)3-4-14(13(15)20)11-5-8(17)9(6-16)21-11/h3-4,8-9,11,16-17H,1,5-6H2,2H3/t8-,9+,11+/m0/s1. The van der Waals surface area contributed by atoms with Crippen LogP contribution in [0.4, 0.5) is 0 Å². The molecule has 0 spiro atoms. The van der Waals surface area contributed by atoms with E-state index in [1.807, 2.05) is 0 Å². The summed E-state index contributed by atoms with van der Waals surface area (Å²) in [5, 5.41) is 18.7. The van der Waals surface area contributed by atoms with Gasteiger partial charge in [0.2, 0.25) is 0 Å². The third-order valence-electron chi connectivity index (χ3n) is 3.27. The molecule has 1 aromatic heterocycles. The van der Waals surface area contributed by atoms with Crippen molar-refractivity contribution in [2.75, 3.05) is 6.61 Å². The summed E-state index contributed by atoms with van der Waals surface area (Å²) in [4.78, 5) is 35.8. The lowest BCUT2D eigenvalue weighted by Gasteiger charge is -2.15. The van der Waals surface area contributed by atoms with E-state index in [2.05, 4.69) is 6.58 Å². The predicted molar refractivity (Wildman–Crippen MR) is 72.0 cm³/mol. The first-order valence-corrected chi connectivity index (χ1v) is 6.35. The van der Waals surface area contributed by atoms with Gasteiger partial charge in [0.25, 0.3) is 11.5 Å². The Bertz CT molecular complexity index is 689. The fourth-order valence-electron chi connectivity index (χ4n) is 2.14. The van der Waals surface area contributed by atoms with Gasteiger partial charge in [-0.25, -0.2) is 4.79 Å². The van der Waals surface area contributed by atoms with Crippen LogP contribution in [0, 0.1) is 0 Å². The first-order valence-electron chi connectivity index (χ1n) is 6.35. The zero-order valence-corrected chi connectivity index (χ0v) is 11.4. The molecular weight excluding hydrogens is 280 g/mol. The highest BCUT2D eigenvalue weighted by molar-refractivity contribution is 5.93. The van der Waals surface area contributed by atoms with E-state index in [0.717, 1.165) is 10.6 Å². The molecule has 2 rings (SSSR count). The van der Waals surface area contributed by atoms with Gasteiger partial charge in [-0.3, -0.25) is 14.2 Å². The SMILES string of the molecule is C=C(C)C(=O)n1c(=O)ccn([C@H]2C[C@H](O)[C@@H](CO)O2)c1=O. The Balaban J connectivity index is 2.46. The smallest absolute Gasteiger partial charge is 0.340 e. The summed E-state index contributed by atoms with van der Waals surface area (Å²) >= 11 is 0. The fourth-order valence-corrected chi connectivity index (χ4v) is 2.14. The van der Waals surface area contributed by atoms with Gasteiger partial charge < -0.3 is 14.9 Å². The van der Waals surface area contributed by atoms with Crippen LogP contribution in [0.1, 0.15) is 24.4 Å². The summed E-state index contributed by atoms with van der Waals surface area (Å²) in [6.45, 7) is 4.42. The molecule has 1 aliphatic rings. The molecule has 8 nitrogen and oxygen atoms in total. The van der Waals surface area contributed by atoms with E-state index >= 15 is 0 Å². The van der Waals surface area contributed by atoms with Gasteiger partial charge >= 0.3 is 5.69 Å². The van der Waals surface area contributed by atoms with E-state index in [9.17, 15) is 19.5 Å². The third kappa shape index (κ3) is 2.73.